The predicted octanol–water partition coefficient (Wildman–Crippen LogP) is 4.46. The largest absolute Gasteiger partial charge is 0.325 e. The summed E-state index contributed by atoms with van der Waals surface area (Å²) in [6.45, 7) is 7.99. The van der Waals surface area contributed by atoms with E-state index in [0.29, 0.717) is 16.6 Å². The Hall–Kier alpha value is -2.40. The van der Waals surface area contributed by atoms with Crippen LogP contribution in [0.5, 0.6) is 0 Å². The number of carbonyl (C=O) groups is 2. The lowest BCUT2D eigenvalue weighted by Crippen LogP contribution is -2.24. The van der Waals surface area contributed by atoms with Crippen LogP contribution in [-0.4, -0.2) is 17.5 Å². The first kappa shape index (κ1) is 19.9. The van der Waals surface area contributed by atoms with Crippen molar-refractivity contribution in [2.75, 3.05) is 5.32 Å². The lowest BCUT2D eigenvalue weighted by atomic mass is 9.85. The highest BCUT2D eigenvalue weighted by molar-refractivity contribution is 6.33. The molecule has 138 valence electrons. The molecule has 0 heterocycles. The Morgan fingerprint density at radius 3 is 2.65 bits per heavy atom. The summed E-state index contributed by atoms with van der Waals surface area (Å²) in [5, 5.41) is 7.38. The Morgan fingerprint density at radius 2 is 1.96 bits per heavy atom. The van der Waals surface area contributed by atoms with Gasteiger partial charge in [-0.25, -0.2) is 5.43 Å². The van der Waals surface area contributed by atoms with Crippen molar-refractivity contribution in [3.8, 4) is 0 Å². The number of nitrogens with one attached hydrogen (secondary N) is 2. The maximum atomic E-state index is 12.0. The Morgan fingerprint density at radius 1 is 1.27 bits per heavy atom. The fraction of sp³-hybridized carbons (Fsp3) is 0.350. The van der Waals surface area contributed by atoms with Crippen LogP contribution in [0.1, 0.15) is 39.5 Å². The van der Waals surface area contributed by atoms with E-state index in [1.807, 2.05) is 13.8 Å². The van der Waals surface area contributed by atoms with Crippen LogP contribution >= 0.6 is 11.6 Å². The fourth-order valence-electron chi connectivity index (χ4n) is 2.61. The van der Waals surface area contributed by atoms with Crippen molar-refractivity contribution >= 4 is 34.8 Å². The molecular weight excluding hydrogens is 350 g/mol. The van der Waals surface area contributed by atoms with E-state index < -0.39 is 0 Å². The zero-order valence-corrected chi connectivity index (χ0v) is 15.9. The van der Waals surface area contributed by atoms with Crippen molar-refractivity contribution in [3.05, 3.63) is 53.1 Å². The summed E-state index contributed by atoms with van der Waals surface area (Å²) in [4.78, 5) is 23.9. The van der Waals surface area contributed by atoms with Gasteiger partial charge in [0, 0.05) is 12.8 Å². The second-order valence-corrected chi connectivity index (χ2v) is 6.90. The molecule has 0 spiro atoms. The molecule has 0 bridgehead atoms. The number of hydrogen-bond acceptors (Lipinski definition) is 3. The minimum atomic E-state index is -0.294. The highest BCUT2D eigenvalue weighted by Crippen LogP contribution is 2.26. The smallest absolute Gasteiger partial charge is 0.240 e. The van der Waals surface area contributed by atoms with Crippen LogP contribution in [0.25, 0.3) is 0 Å². The van der Waals surface area contributed by atoms with Crippen LogP contribution in [0, 0.1) is 5.92 Å². The van der Waals surface area contributed by atoms with Crippen molar-refractivity contribution in [1.82, 2.24) is 5.43 Å². The zero-order valence-electron chi connectivity index (χ0n) is 15.1. The summed E-state index contributed by atoms with van der Waals surface area (Å²) in [5.74, 6) is -0.204. The molecule has 0 aliphatic heterocycles. The maximum absolute atomic E-state index is 12.0. The van der Waals surface area contributed by atoms with Gasteiger partial charge in [0.1, 0.15) is 0 Å². The SMILES string of the molecule is C=C(C)[C@H]1CC=C(C)C(=NNC(=O)CCC(=O)Nc2ccccc2Cl)C1. The van der Waals surface area contributed by atoms with Crippen molar-refractivity contribution in [3.63, 3.8) is 0 Å². The Kier molecular flexibility index (Phi) is 7.16. The van der Waals surface area contributed by atoms with Gasteiger partial charge in [-0.2, -0.15) is 5.10 Å². The van der Waals surface area contributed by atoms with Gasteiger partial charge in [-0.05, 0) is 50.3 Å². The number of anilines is 1. The number of rotatable bonds is 6. The molecule has 1 aromatic carbocycles. The molecule has 1 atom stereocenters. The minimum Gasteiger partial charge on any atom is -0.325 e. The van der Waals surface area contributed by atoms with Gasteiger partial charge >= 0.3 is 0 Å². The van der Waals surface area contributed by atoms with Crippen molar-refractivity contribution in [1.29, 1.82) is 0 Å². The van der Waals surface area contributed by atoms with Gasteiger partial charge in [0.25, 0.3) is 0 Å². The minimum absolute atomic E-state index is 0.0553. The Balaban J connectivity index is 1.82. The molecule has 0 fully saturated rings. The molecular formula is C20H24ClN3O2. The molecule has 2 amide bonds. The summed E-state index contributed by atoms with van der Waals surface area (Å²) in [6.07, 6.45) is 3.96. The van der Waals surface area contributed by atoms with Crippen molar-refractivity contribution in [2.45, 2.75) is 39.5 Å². The van der Waals surface area contributed by atoms with E-state index in [1.165, 1.54) is 0 Å². The standard InChI is InChI=1S/C20H24ClN3O2/c1-13(2)15-9-8-14(3)18(12-15)23-24-20(26)11-10-19(25)22-17-7-5-4-6-16(17)21/h4-8,15H,1,9-12H2,2-3H3,(H,22,25)(H,24,26)/t15-/m0/s1. The molecule has 0 aromatic heterocycles. The third-order valence-corrected chi connectivity index (χ3v) is 4.67. The summed E-state index contributed by atoms with van der Waals surface area (Å²) in [7, 11) is 0. The quantitative estimate of drug-likeness (QED) is 0.570. The van der Waals surface area contributed by atoms with Gasteiger partial charge in [0.05, 0.1) is 16.4 Å². The van der Waals surface area contributed by atoms with E-state index in [4.69, 9.17) is 11.6 Å². The number of benzene rings is 1. The Labute approximate surface area is 159 Å². The zero-order chi connectivity index (χ0) is 19.1. The van der Waals surface area contributed by atoms with Gasteiger partial charge in [0.15, 0.2) is 0 Å². The molecule has 6 heteroatoms. The van der Waals surface area contributed by atoms with Gasteiger partial charge in [-0.3, -0.25) is 9.59 Å². The second-order valence-electron chi connectivity index (χ2n) is 6.49. The molecule has 1 aliphatic rings. The molecule has 0 saturated heterocycles. The van der Waals surface area contributed by atoms with Gasteiger partial charge < -0.3 is 5.32 Å². The van der Waals surface area contributed by atoms with E-state index >= 15 is 0 Å². The number of hydrazone groups is 1. The first-order valence-corrected chi connectivity index (χ1v) is 8.97. The molecule has 5 nitrogen and oxygen atoms in total. The van der Waals surface area contributed by atoms with Gasteiger partial charge in [-0.15, -0.1) is 0 Å². The normalized spacial score (nSPS) is 18.2. The van der Waals surface area contributed by atoms with Crippen molar-refractivity contribution < 1.29 is 9.59 Å². The van der Waals surface area contributed by atoms with Crippen LogP contribution in [0.3, 0.4) is 0 Å². The third-order valence-electron chi connectivity index (χ3n) is 4.34. The average molecular weight is 374 g/mol. The second kappa shape index (κ2) is 9.34. The molecule has 2 rings (SSSR count). The van der Waals surface area contributed by atoms with Crippen LogP contribution in [0.4, 0.5) is 5.69 Å². The van der Waals surface area contributed by atoms with Crippen molar-refractivity contribution in [2.24, 2.45) is 11.0 Å². The number of hydrogen-bond donors (Lipinski definition) is 2. The number of carbonyl (C=O) groups excluding carboxylic acids is 2. The lowest BCUT2D eigenvalue weighted by Gasteiger charge is -2.22. The molecule has 2 N–H and O–H groups in total. The van der Waals surface area contributed by atoms with E-state index in [2.05, 4.69) is 28.5 Å². The fourth-order valence-corrected chi connectivity index (χ4v) is 2.79. The number of para-hydroxylation sites is 1. The summed E-state index contributed by atoms with van der Waals surface area (Å²) in [5.41, 5.74) is 6.12. The maximum Gasteiger partial charge on any atom is 0.240 e. The first-order valence-electron chi connectivity index (χ1n) is 8.59. The Bertz CT molecular complexity index is 768. The van der Waals surface area contributed by atoms with E-state index in [0.717, 1.165) is 29.7 Å². The van der Waals surface area contributed by atoms with Crippen LogP contribution in [-0.2, 0) is 9.59 Å². The summed E-state index contributed by atoms with van der Waals surface area (Å²) in [6, 6.07) is 6.97. The van der Waals surface area contributed by atoms with Gasteiger partial charge in [-0.1, -0.05) is 42.0 Å². The van der Waals surface area contributed by atoms with E-state index in [-0.39, 0.29) is 24.7 Å². The molecule has 1 aliphatic carbocycles. The lowest BCUT2D eigenvalue weighted by molar-refractivity contribution is -0.124. The molecule has 26 heavy (non-hydrogen) atoms. The van der Waals surface area contributed by atoms with E-state index in [9.17, 15) is 9.59 Å². The van der Waals surface area contributed by atoms with Gasteiger partial charge in [0.2, 0.25) is 11.8 Å². The average Bonchev–Trinajstić information content (AvgIpc) is 2.61. The van der Waals surface area contributed by atoms with Crippen LogP contribution in [0.2, 0.25) is 5.02 Å². The first-order chi connectivity index (χ1) is 12.4. The number of nitrogens with zero attached hydrogens (tertiary/aromatic N) is 1. The molecule has 0 unspecified atom stereocenters. The van der Waals surface area contributed by atoms with Crippen LogP contribution < -0.4 is 10.7 Å². The number of halogens is 1. The third kappa shape index (κ3) is 5.85. The summed E-state index contributed by atoms with van der Waals surface area (Å²) < 4.78 is 0. The van der Waals surface area contributed by atoms with Crippen LogP contribution in [0.15, 0.2) is 53.2 Å². The highest BCUT2D eigenvalue weighted by atomic mass is 35.5. The predicted molar refractivity (Wildman–Crippen MR) is 106 cm³/mol. The topological polar surface area (TPSA) is 70.6 Å². The molecule has 0 radical (unpaired) electrons. The molecule has 0 saturated carbocycles. The van der Waals surface area contributed by atoms with E-state index in [1.54, 1.807) is 24.3 Å². The number of allylic oxidation sites excluding steroid dienone is 3. The summed E-state index contributed by atoms with van der Waals surface area (Å²) >= 11 is 5.99. The molecule has 1 aromatic rings. The monoisotopic (exact) mass is 373 g/mol. The highest BCUT2D eigenvalue weighted by Gasteiger charge is 2.19. The number of amides is 2.